The second kappa shape index (κ2) is 7.09. The fraction of sp³-hybridized carbons (Fsp3) is 0.611. The molecule has 7 nitrogen and oxygen atoms in total. The molecule has 3 heterocycles. The molecule has 1 aromatic heterocycles. The molecule has 25 heavy (non-hydrogen) atoms. The van der Waals surface area contributed by atoms with Crippen LogP contribution >= 0.6 is 0 Å². The summed E-state index contributed by atoms with van der Waals surface area (Å²) in [6.07, 6.45) is 4.23. The minimum atomic E-state index is -0.325. The van der Waals surface area contributed by atoms with Gasteiger partial charge in [-0.15, -0.1) is 0 Å². The predicted molar refractivity (Wildman–Crippen MR) is 91.2 cm³/mol. The number of hydrogen-bond acceptors (Lipinski definition) is 5. The summed E-state index contributed by atoms with van der Waals surface area (Å²) in [4.78, 5) is 31.5. The summed E-state index contributed by atoms with van der Waals surface area (Å²) in [6, 6.07) is 1.85. The number of aryl methyl sites for hydroxylation is 1. The zero-order valence-corrected chi connectivity index (χ0v) is 15.0. The first-order valence-electron chi connectivity index (χ1n) is 8.54. The third kappa shape index (κ3) is 3.67. The molecule has 0 radical (unpaired) electrons. The summed E-state index contributed by atoms with van der Waals surface area (Å²) in [5.74, 6) is 0.146. The van der Waals surface area contributed by atoms with E-state index in [4.69, 9.17) is 9.47 Å². The first-order chi connectivity index (χ1) is 11.9. The number of hydrogen-bond donors (Lipinski definition) is 0. The minimum absolute atomic E-state index is 0.0141. The Hall–Kier alpha value is -1.99. The van der Waals surface area contributed by atoms with Crippen LogP contribution in [0, 0.1) is 12.8 Å². The summed E-state index contributed by atoms with van der Waals surface area (Å²) >= 11 is 0. The van der Waals surface area contributed by atoms with Crippen molar-refractivity contribution in [1.29, 1.82) is 0 Å². The van der Waals surface area contributed by atoms with Crippen molar-refractivity contribution in [3.63, 3.8) is 0 Å². The molecule has 136 valence electrons. The lowest BCUT2D eigenvalue weighted by atomic mass is 9.81. The third-order valence-corrected chi connectivity index (χ3v) is 4.97. The largest absolute Gasteiger partial charge is 0.371 e. The van der Waals surface area contributed by atoms with Gasteiger partial charge in [-0.05, 0) is 25.0 Å². The summed E-state index contributed by atoms with van der Waals surface area (Å²) in [5, 5.41) is 0. The Bertz CT molecular complexity index is 655. The molecule has 1 aromatic rings. The molecule has 0 aliphatic carbocycles. The topological polar surface area (TPSA) is 72.0 Å². The van der Waals surface area contributed by atoms with Crippen LogP contribution in [0.15, 0.2) is 18.5 Å². The van der Waals surface area contributed by atoms with E-state index in [9.17, 15) is 9.59 Å². The van der Waals surface area contributed by atoms with Crippen molar-refractivity contribution in [3.05, 3.63) is 29.6 Å². The number of rotatable bonds is 5. The number of likely N-dealkylation sites (tertiary alicyclic amines) is 1. The van der Waals surface area contributed by atoms with Gasteiger partial charge in [-0.2, -0.15) is 0 Å². The van der Waals surface area contributed by atoms with E-state index in [1.165, 1.54) is 4.90 Å². The highest BCUT2D eigenvalue weighted by Gasteiger charge is 2.54. The molecule has 2 saturated heterocycles. The molecule has 0 unspecified atom stereocenters. The summed E-state index contributed by atoms with van der Waals surface area (Å²) in [5.41, 5.74) is 1.25. The molecule has 0 aromatic carbocycles. The number of pyridine rings is 1. The number of carbonyl (C=O) groups is 2. The van der Waals surface area contributed by atoms with Gasteiger partial charge in [-0.3, -0.25) is 14.6 Å². The number of ether oxygens (including phenoxy) is 2. The van der Waals surface area contributed by atoms with Crippen molar-refractivity contribution in [2.24, 2.45) is 5.92 Å². The van der Waals surface area contributed by atoms with E-state index >= 15 is 0 Å². The molecule has 2 aliphatic rings. The van der Waals surface area contributed by atoms with E-state index in [1.807, 2.05) is 13.0 Å². The van der Waals surface area contributed by atoms with Crippen molar-refractivity contribution >= 4 is 11.8 Å². The molecular weight excluding hydrogens is 322 g/mol. The highest BCUT2D eigenvalue weighted by Crippen LogP contribution is 2.40. The van der Waals surface area contributed by atoms with E-state index in [0.717, 1.165) is 12.0 Å². The predicted octanol–water partition coefficient (Wildman–Crippen LogP) is 0.726. The van der Waals surface area contributed by atoms with Gasteiger partial charge in [-0.1, -0.05) is 0 Å². The van der Waals surface area contributed by atoms with Crippen LogP contribution in [-0.4, -0.2) is 79.2 Å². The fourth-order valence-corrected chi connectivity index (χ4v) is 3.39. The SMILES string of the molecule is Cc1cncc(C(=O)N2CC3(C2)OCC[C@@H]3COCC(=O)N(C)C)c1. The fourth-order valence-electron chi connectivity index (χ4n) is 3.39. The van der Waals surface area contributed by atoms with E-state index in [0.29, 0.717) is 31.9 Å². The van der Waals surface area contributed by atoms with Crippen LogP contribution < -0.4 is 0 Å². The Morgan fingerprint density at radius 3 is 2.84 bits per heavy atom. The maximum atomic E-state index is 12.6. The van der Waals surface area contributed by atoms with Gasteiger partial charge in [0.2, 0.25) is 5.91 Å². The van der Waals surface area contributed by atoms with Crippen molar-refractivity contribution < 1.29 is 19.1 Å². The van der Waals surface area contributed by atoms with E-state index in [2.05, 4.69) is 4.98 Å². The number of amides is 2. The Labute approximate surface area is 147 Å². The maximum Gasteiger partial charge on any atom is 0.255 e. The normalized spacial score (nSPS) is 21.2. The van der Waals surface area contributed by atoms with Crippen LogP contribution in [0.1, 0.15) is 22.3 Å². The summed E-state index contributed by atoms with van der Waals surface area (Å²) in [6.45, 7) is 4.28. The lowest BCUT2D eigenvalue weighted by Gasteiger charge is -2.50. The van der Waals surface area contributed by atoms with Gasteiger partial charge < -0.3 is 19.3 Å². The molecule has 2 amide bonds. The Morgan fingerprint density at radius 1 is 1.40 bits per heavy atom. The Balaban J connectivity index is 1.53. The highest BCUT2D eigenvalue weighted by atomic mass is 16.5. The number of likely N-dealkylation sites (N-methyl/N-ethyl adjacent to an activating group) is 1. The van der Waals surface area contributed by atoms with E-state index in [1.54, 1.807) is 31.4 Å². The smallest absolute Gasteiger partial charge is 0.255 e. The van der Waals surface area contributed by atoms with Gasteiger partial charge in [0.05, 0.1) is 25.3 Å². The quantitative estimate of drug-likeness (QED) is 0.785. The minimum Gasteiger partial charge on any atom is -0.371 e. The van der Waals surface area contributed by atoms with Crippen LogP contribution in [0.2, 0.25) is 0 Å². The summed E-state index contributed by atoms with van der Waals surface area (Å²) in [7, 11) is 3.42. The van der Waals surface area contributed by atoms with Crippen molar-refractivity contribution in [1.82, 2.24) is 14.8 Å². The second-order valence-corrected chi connectivity index (χ2v) is 7.11. The Kier molecular flexibility index (Phi) is 5.06. The third-order valence-electron chi connectivity index (χ3n) is 4.97. The number of carbonyl (C=O) groups excluding carboxylic acids is 2. The van der Waals surface area contributed by atoms with Crippen LogP contribution in [-0.2, 0) is 14.3 Å². The first-order valence-corrected chi connectivity index (χ1v) is 8.54. The Morgan fingerprint density at radius 2 is 2.16 bits per heavy atom. The molecular formula is C18H25N3O4. The van der Waals surface area contributed by atoms with E-state index in [-0.39, 0.29) is 29.9 Å². The summed E-state index contributed by atoms with van der Waals surface area (Å²) < 4.78 is 11.5. The number of aromatic nitrogens is 1. The van der Waals surface area contributed by atoms with Crippen molar-refractivity contribution in [3.8, 4) is 0 Å². The lowest BCUT2D eigenvalue weighted by molar-refractivity contribution is -0.141. The molecule has 2 aliphatic heterocycles. The molecule has 1 spiro atoms. The van der Waals surface area contributed by atoms with Gasteiger partial charge in [0.15, 0.2) is 0 Å². The van der Waals surface area contributed by atoms with Gasteiger partial charge in [0.1, 0.15) is 12.2 Å². The van der Waals surface area contributed by atoms with Crippen LogP contribution in [0.5, 0.6) is 0 Å². The van der Waals surface area contributed by atoms with Crippen molar-refractivity contribution in [2.75, 3.05) is 47.0 Å². The standard InChI is InChI=1S/C18H25N3O4/c1-13-6-14(8-19-7-13)17(23)21-11-18(12-21)15(4-5-25-18)9-24-10-16(22)20(2)3/h6-8,15H,4-5,9-12H2,1-3H3/t15-/m1/s1. The van der Waals surface area contributed by atoms with Crippen LogP contribution in [0.25, 0.3) is 0 Å². The van der Waals surface area contributed by atoms with E-state index < -0.39 is 0 Å². The maximum absolute atomic E-state index is 12.6. The van der Waals surface area contributed by atoms with Crippen molar-refractivity contribution in [2.45, 2.75) is 18.9 Å². The molecule has 0 saturated carbocycles. The van der Waals surface area contributed by atoms with Crippen LogP contribution in [0.3, 0.4) is 0 Å². The van der Waals surface area contributed by atoms with Gasteiger partial charge >= 0.3 is 0 Å². The average molecular weight is 347 g/mol. The lowest BCUT2D eigenvalue weighted by Crippen LogP contribution is -2.66. The molecule has 2 fully saturated rings. The first kappa shape index (κ1) is 17.8. The highest BCUT2D eigenvalue weighted by molar-refractivity contribution is 5.94. The second-order valence-electron chi connectivity index (χ2n) is 7.11. The van der Waals surface area contributed by atoms with Gasteiger partial charge in [-0.25, -0.2) is 0 Å². The molecule has 1 atom stereocenters. The van der Waals surface area contributed by atoms with Crippen LogP contribution in [0.4, 0.5) is 0 Å². The zero-order valence-electron chi connectivity index (χ0n) is 15.0. The molecule has 0 bridgehead atoms. The van der Waals surface area contributed by atoms with Gasteiger partial charge in [0, 0.05) is 39.0 Å². The number of nitrogens with zero attached hydrogens (tertiary/aromatic N) is 3. The molecule has 3 rings (SSSR count). The van der Waals surface area contributed by atoms with Gasteiger partial charge in [0.25, 0.3) is 5.91 Å². The molecule has 7 heteroatoms. The average Bonchev–Trinajstić information content (AvgIpc) is 2.96. The molecule has 0 N–H and O–H groups in total. The monoisotopic (exact) mass is 347 g/mol. The zero-order chi connectivity index (χ0) is 18.0.